The SMILES string of the molecule is CC(=O)Nc1cc(C(=O)N2CCC(C)CC2c2ccco2)ccc1F. The number of carbonyl (C=O) groups excluding carboxylic acids is 2. The largest absolute Gasteiger partial charge is 0.467 e. The summed E-state index contributed by atoms with van der Waals surface area (Å²) in [4.78, 5) is 26.0. The Morgan fingerprint density at radius 3 is 2.80 bits per heavy atom. The van der Waals surface area contributed by atoms with Crippen molar-refractivity contribution in [2.75, 3.05) is 11.9 Å². The molecule has 3 rings (SSSR count). The first-order valence-electron chi connectivity index (χ1n) is 8.37. The Labute approximate surface area is 145 Å². The quantitative estimate of drug-likeness (QED) is 0.916. The minimum atomic E-state index is -0.568. The minimum Gasteiger partial charge on any atom is -0.467 e. The number of piperidine rings is 1. The number of benzene rings is 1. The summed E-state index contributed by atoms with van der Waals surface area (Å²) < 4.78 is 19.4. The van der Waals surface area contributed by atoms with E-state index in [4.69, 9.17) is 4.42 Å². The topological polar surface area (TPSA) is 62.6 Å². The van der Waals surface area contributed by atoms with Crippen LogP contribution in [0.4, 0.5) is 10.1 Å². The monoisotopic (exact) mass is 344 g/mol. The van der Waals surface area contributed by atoms with Gasteiger partial charge in [0.2, 0.25) is 5.91 Å². The lowest BCUT2D eigenvalue weighted by Crippen LogP contribution is -2.40. The van der Waals surface area contributed by atoms with Crippen molar-refractivity contribution in [3.8, 4) is 0 Å². The van der Waals surface area contributed by atoms with Crippen molar-refractivity contribution >= 4 is 17.5 Å². The fourth-order valence-electron chi connectivity index (χ4n) is 3.24. The Kier molecular flexibility index (Phi) is 4.88. The van der Waals surface area contributed by atoms with Gasteiger partial charge >= 0.3 is 0 Å². The number of likely N-dealkylation sites (tertiary alicyclic amines) is 1. The van der Waals surface area contributed by atoms with Crippen LogP contribution in [0.25, 0.3) is 0 Å². The van der Waals surface area contributed by atoms with E-state index in [0.29, 0.717) is 18.0 Å². The van der Waals surface area contributed by atoms with Crippen LogP contribution in [-0.4, -0.2) is 23.3 Å². The van der Waals surface area contributed by atoms with Gasteiger partial charge in [0.1, 0.15) is 11.6 Å². The highest BCUT2D eigenvalue weighted by Crippen LogP contribution is 2.35. The van der Waals surface area contributed by atoms with E-state index in [2.05, 4.69) is 12.2 Å². The first-order valence-corrected chi connectivity index (χ1v) is 8.37. The lowest BCUT2D eigenvalue weighted by atomic mass is 9.90. The van der Waals surface area contributed by atoms with Crippen molar-refractivity contribution in [1.82, 2.24) is 4.90 Å². The molecule has 0 radical (unpaired) electrons. The zero-order chi connectivity index (χ0) is 18.0. The van der Waals surface area contributed by atoms with Crippen molar-refractivity contribution in [1.29, 1.82) is 0 Å². The van der Waals surface area contributed by atoms with Gasteiger partial charge in [-0.05, 0) is 49.1 Å². The third kappa shape index (κ3) is 3.73. The van der Waals surface area contributed by atoms with Gasteiger partial charge in [-0.2, -0.15) is 0 Å². The van der Waals surface area contributed by atoms with Crippen LogP contribution in [0.5, 0.6) is 0 Å². The van der Waals surface area contributed by atoms with Crippen LogP contribution in [0.1, 0.15) is 48.8 Å². The molecule has 0 spiro atoms. The summed E-state index contributed by atoms with van der Waals surface area (Å²) in [6, 6.07) is 7.57. The van der Waals surface area contributed by atoms with E-state index >= 15 is 0 Å². The molecule has 1 aromatic heterocycles. The highest BCUT2D eigenvalue weighted by Gasteiger charge is 2.33. The molecule has 1 aliphatic heterocycles. The molecule has 1 N–H and O–H groups in total. The van der Waals surface area contributed by atoms with Gasteiger partial charge in [0.25, 0.3) is 5.91 Å². The van der Waals surface area contributed by atoms with Crippen LogP contribution in [0, 0.1) is 11.7 Å². The maximum Gasteiger partial charge on any atom is 0.254 e. The molecule has 2 heterocycles. The van der Waals surface area contributed by atoms with E-state index in [1.54, 1.807) is 11.2 Å². The number of hydrogen-bond acceptors (Lipinski definition) is 3. The number of hydrogen-bond donors (Lipinski definition) is 1. The van der Waals surface area contributed by atoms with Crippen molar-refractivity contribution in [2.24, 2.45) is 5.92 Å². The molecule has 1 aromatic carbocycles. The molecule has 6 heteroatoms. The van der Waals surface area contributed by atoms with Crippen LogP contribution in [0.3, 0.4) is 0 Å². The number of amides is 2. The van der Waals surface area contributed by atoms with Gasteiger partial charge in [-0.3, -0.25) is 9.59 Å². The molecule has 5 nitrogen and oxygen atoms in total. The van der Waals surface area contributed by atoms with Crippen LogP contribution in [0.2, 0.25) is 0 Å². The first-order chi connectivity index (χ1) is 12.0. The van der Waals surface area contributed by atoms with E-state index in [-0.39, 0.29) is 23.5 Å². The molecular weight excluding hydrogens is 323 g/mol. The van der Waals surface area contributed by atoms with Gasteiger partial charge in [0.15, 0.2) is 0 Å². The zero-order valence-corrected chi connectivity index (χ0v) is 14.3. The van der Waals surface area contributed by atoms with Gasteiger partial charge < -0.3 is 14.6 Å². The Balaban J connectivity index is 1.89. The predicted molar refractivity (Wildman–Crippen MR) is 91.6 cm³/mol. The van der Waals surface area contributed by atoms with Gasteiger partial charge in [-0.1, -0.05) is 6.92 Å². The predicted octanol–water partition coefficient (Wildman–Crippen LogP) is 3.99. The van der Waals surface area contributed by atoms with E-state index in [1.807, 2.05) is 12.1 Å². The third-order valence-electron chi connectivity index (χ3n) is 4.52. The second-order valence-electron chi connectivity index (χ2n) is 6.54. The molecule has 1 saturated heterocycles. The summed E-state index contributed by atoms with van der Waals surface area (Å²) in [6.07, 6.45) is 3.33. The van der Waals surface area contributed by atoms with Gasteiger partial charge in [0, 0.05) is 19.0 Å². The van der Waals surface area contributed by atoms with Gasteiger partial charge in [-0.25, -0.2) is 4.39 Å². The Morgan fingerprint density at radius 2 is 2.12 bits per heavy atom. The molecule has 2 amide bonds. The smallest absolute Gasteiger partial charge is 0.254 e. The number of anilines is 1. The molecule has 0 aliphatic carbocycles. The molecule has 2 unspecified atom stereocenters. The van der Waals surface area contributed by atoms with E-state index < -0.39 is 5.82 Å². The van der Waals surface area contributed by atoms with Crippen molar-refractivity contribution in [3.63, 3.8) is 0 Å². The summed E-state index contributed by atoms with van der Waals surface area (Å²) in [5.74, 6) is 0.0941. The van der Waals surface area contributed by atoms with Crippen LogP contribution in [0.15, 0.2) is 41.0 Å². The summed E-state index contributed by atoms with van der Waals surface area (Å²) >= 11 is 0. The number of rotatable bonds is 3. The summed E-state index contributed by atoms with van der Waals surface area (Å²) in [6.45, 7) is 4.07. The molecule has 0 saturated carbocycles. The van der Waals surface area contributed by atoms with Crippen LogP contribution in [-0.2, 0) is 4.79 Å². The molecule has 2 aromatic rings. The maximum atomic E-state index is 13.8. The van der Waals surface area contributed by atoms with Gasteiger partial charge in [-0.15, -0.1) is 0 Å². The van der Waals surface area contributed by atoms with E-state index in [0.717, 1.165) is 18.6 Å². The zero-order valence-electron chi connectivity index (χ0n) is 14.3. The van der Waals surface area contributed by atoms with Crippen LogP contribution < -0.4 is 5.32 Å². The fraction of sp³-hybridized carbons (Fsp3) is 0.368. The molecule has 1 fully saturated rings. The average molecular weight is 344 g/mol. The molecule has 1 aliphatic rings. The first kappa shape index (κ1) is 17.2. The third-order valence-corrected chi connectivity index (χ3v) is 4.52. The molecule has 2 atom stereocenters. The number of carbonyl (C=O) groups is 2. The van der Waals surface area contributed by atoms with Crippen molar-refractivity contribution in [3.05, 3.63) is 53.7 Å². The molecule has 0 bridgehead atoms. The highest BCUT2D eigenvalue weighted by atomic mass is 19.1. The van der Waals surface area contributed by atoms with E-state index in [9.17, 15) is 14.0 Å². The molecule has 25 heavy (non-hydrogen) atoms. The van der Waals surface area contributed by atoms with E-state index in [1.165, 1.54) is 25.1 Å². The summed E-state index contributed by atoms with van der Waals surface area (Å²) in [5.41, 5.74) is 0.356. The molecule has 132 valence electrons. The number of halogens is 1. The number of furan rings is 1. The second kappa shape index (κ2) is 7.09. The van der Waals surface area contributed by atoms with Crippen LogP contribution >= 0.6 is 0 Å². The second-order valence-corrected chi connectivity index (χ2v) is 6.54. The molecular formula is C19H21FN2O3. The highest BCUT2D eigenvalue weighted by molar-refractivity contribution is 5.97. The normalized spacial score (nSPS) is 20.4. The Bertz CT molecular complexity index is 773. The lowest BCUT2D eigenvalue weighted by molar-refractivity contribution is -0.114. The van der Waals surface area contributed by atoms with Crippen molar-refractivity contribution in [2.45, 2.75) is 32.7 Å². The Morgan fingerprint density at radius 1 is 1.32 bits per heavy atom. The van der Waals surface area contributed by atoms with Crippen molar-refractivity contribution < 1.29 is 18.4 Å². The Hall–Kier alpha value is -2.63. The minimum absolute atomic E-state index is 0.0123. The standard InChI is InChI=1S/C19H21FN2O3/c1-12-7-8-22(17(10-12)18-4-3-9-25-18)19(24)14-5-6-15(20)16(11-14)21-13(2)23/h3-6,9,11-12,17H,7-8,10H2,1-2H3,(H,21,23). The fourth-order valence-corrected chi connectivity index (χ4v) is 3.24. The maximum absolute atomic E-state index is 13.8. The summed E-state index contributed by atoms with van der Waals surface area (Å²) in [7, 11) is 0. The lowest BCUT2D eigenvalue weighted by Gasteiger charge is -2.37. The number of nitrogens with zero attached hydrogens (tertiary/aromatic N) is 1. The number of nitrogens with one attached hydrogen (secondary N) is 1. The average Bonchev–Trinajstić information content (AvgIpc) is 3.10. The van der Waals surface area contributed by atoms with Gasteiger partial charge in [0.05, 0.1) is 18.0 Å². The summed E-state index contributed by atoms with van der Waals surface area (Å²) in [5, 5.41) is 2.41.